The molecule has 2 N–H and O–H groups in total. The van der Waals surface area contributed by atoms with Crippen molar-refractivity contribution in [3.05, 3.63) is 52.4 Å². The van der Waals surface area contributed by atoms with Gasteiger partial charge in [-0.2, -0.15) is 13.2 Å². The summed E-state index contributed by atoms with van der Waals surface area (Å²) < 4.78 is 40.0. The summed E-state index contributed by atoms with van der Waals surface area (Å²) in [5.74, 6) is 0.212. The van der Waals surface area contributed by atoms with Gasteiger partial charge in [0.05, 0.1) is 10.9 Å². The maximum Gasteiger partial charge on any atom is 0.416 e. The van der Waals surface area contributed by atoms with E-state index >= 15 is 0 Å². The lowest BCUT2D eigenvalue weighted by Gasteiger charge is -2.16. The molecule has 3 aromatic rings. The van der Waals surface area contributed by atoms with Crippen LogP contribution in [0.25, 0.3) is 22.0 Å². The highest BCUT2D eigenvalue weighted by Gasteiger charge is 2.30. The molecular formula is C20H18F3N5O3. The number of halogens is 3. The van der Waals surface area contributed by atoms with E-state index in [1.165, 1.54) is 21.6 Å². The molecule has 1 aliphatic heterocycles. The predicted octanol–water partition coefficient (Wildman–Crippen LogP) is 3.18. The molecule has 162 valence electrons. The Hall–Kier alpha value is -3.63. The van der Waals surface area contributed by atoms with E-state index in [9.17, 15) is 22.8 Å². The van der Waals surface area contributed by atoms with Crippen LogP contribution >= 0.6 is 0 Å². The average Bonchev–Trinajstić information content (AvgIpc) is 3.19. The highest BCUT2D eigenvalue weighted by Crippen LogP contribution is 2.33. The normalized spacial score (nSPS) is 16.6. The van der Waals surface area contributed by atoms with Crippen molar-refractivity contribution < 1.29 is 23.1 Å². The number of nitrogens with zero attached hydrogens (tertiary/aromatic N) is 4. The zero-order valence-electron chi connectivity index (χ0n) is 16.3. The minimum Gasteiger partial charge on any atom is -0.465 e. The number of amides is 1. The van der Waals surface area contributed by atoms with Gasteiger partial charge in [0.25, 0.3) is 5.56 Å². The van der Waals surface area contributed by atoms with Gasteiger partial charge >= 0.3 is 12.3 Å². The maximum atomic E-state index is 12.9. The molecule has 3 heterocycles. The number of rotatable bonds is 3. The fourth-order valence-corrected chi connectivity index (χ4v) is 3.64. The summed E-state index contributed by atoms with van der Waals surface area (Å²) in [6.45, 7) is 0.603. The number of aryl methyl sites for hydroxylation is 1. The molecule has 0 spiro atoms. The summed E-state index contributed by atoms with van der Waals surface area (Å²) in [5, 5.41) is 21.2. The smallest absolute Gasteiger partial charge is 0.416 e. The molecule has 1 atom stereocenters. The van der Waals surface area contributed by atoms with Gasteiger partial charge in [-0.3, -0.25) is 4.79 Å². The molecular weight excluding hydrogens is 415 g/mol. The Kier molecular flexibility index (Phi) is 5.03. The molecule has 4 rings (SSSR count). The first-order valence-electron chi connectivity index (χ1n) is 9.43. The van der Waals surface area contributed by atoms with Crippen molar-refractivity contribution in [3.8, 4) is 11.3 Å². The van der Waals surface area contributed by atoms with Crippen LogP contribution in [0.3, 0.4) is 0 Å². The van der Waals surface area contributed by atoms with Gasteiger partial charge in [-0.25, -0.2) is 4.79 Å². The topological polar surface area (TPSA) is 100 Å². The van der Waals surface area contributed by atoms with Crippen LogP contribution in [-0.4, -0.2) is 50.0 Å². The summed E-state index contributed by atoms with van der Waals surface area (Å²) in [4.78, 5) is 25.3. The van der Waals surface area contributed by atoms with Gasteiger partial charge < -0.3 is 19.9 Å². The number of nitrogens with one attached hydrogen (secondary N) is 1. The van der Waals surface area contributed by atoms with Crippen LogP contribution in [-0.2, 0) is 13.2 Å². The van der Waals surface area contributed by atoms with E-state index in [0.29, 0.717) is 23.9 Å². The minimum atomic E-state index is -4.46. The van der Waals surface area contributed by atoms with Gasteiger partial charge in [-0.05, 0) is 24.6 Å². The van der Waals surface area contributed by atoms with Crippen molar-refractivity contribution in [2.75, 3.05) is 18.4 Å². The van der Waals surface area contributed by atoms with E-state index < -0.39 is 17.8 Å². The van der Waals surface area contributed by atoms with Gasteiger partial charge in [0.1, 0.15) is 5.69 Å². The van der Waals surface area contributed by atoms with Crippen molar-refractivity contribution in [1.82, 2.24) is 19.7 Å². The molecule has 0 saturated carbocycles. The van der Waals surface area contributed by atoms with Crippen LogP contribution in [0.15, 0.2) is 41.3 Å². The Morgan fingerprint density at radius 3 is 2.52 bits per heavy atom. The van der Waals surface area contributed by atoms with Crippen LogP contribution in [0.1, 0.15) is 12.0 Å². The molecule has 0 aliphatic carbocycles. The number of hydrogen-bond acceptors (Lipinski definition) is 5. The van der Waals surface area contributed by atoms with Crippen molar-refractivity contribution in [1.29, 1.82) is 0 Å². The van der Waals surface area contributed by atoms with Gasteiger partial charge in [0.2, 0.25) is 0 Å². The molecule has 0 bridgehead atoms. The van der Waals surface area contributed by atoms with Gasteiger partial charge in [-0.15, -0.1) is 10.2 Å². The summed E-state index contributed by atoms with van der Waals surface area (Å²) in [6, 6.07) is 5.90. The Labute approximate surface area is 173 Å². The zero-order chi connectivity index (χ0) is 22.3. The van der Waals surface area contributed by atoms with Gasteiger partial charge in [0, 0.05) is 43.3 Å². The molecule has 0 radical (unpaired) electrons. The van der Waals surface area contributed by atoms with E-state index in [1.54, 1.807) is 19.3 Å². The first kappa shape index (κ1) is 20.6. The summed E-state index contributed by atoms with van der Waals surface area (Å²) in [6.07, 6.45) is -3.38. The lowest BCUT2D eigenvalue weighted by molar-refractivity contribution is -0.137. The zero-order valence-corrected chi connectivity index (χ0v) is 16.3. The molecule has 1 aliphatic rings. The molecule has 2 aromatic heterocycles. The number of fused-ring (bicyclic) bond motifs is 1. The minimum absolute atomic E-state index is 0.212. The predicted molar refractivity (Wildman–Crippen MR) is 107 cm³/mol. The molecule has 31 heavy (non-hydrogen) atoms. The molecule has 1 fully saturated rings. The van der Waals surface area contributed by atoms with E-state index in [0.717, 1.165) is 12.1 Å². The van der Waals surface area contributed by atoms with E-state index in [-0.39, 0.29) is 35.0 Å². The molecule has 1 aromatic carbocycles. The fraction of sp³-hybridized carbons (Fsp3) is 0.300. The Morgan fingerprint density at radius 2 is 1.90 bits per heavy atom. The first-order valence-corrected chi connectivity index (χ1v) is 9.43. The number of benzene rings is 1. The van der Waals surface area contributed by atoms with Crippen molar-refractivity contribution in [3.63, 3.8) is 0 Å². The maximum absolute atomic E-state index is 12.9. The van der Waals surface area contributed by atoms with Crippen LogP contribution in [0.5, 0.6) is 0 Å². The number of alkyl halides is 3. The quantitative estimate of drug-likeness (QED) is 0.658. The Balaban J connectivity index is 1.76. The number of likely N-dealkylation sites (tertiary alicyclic amines) is 1. The highest BCUT2D eigenvalue weighted by atomic mass is 19.4. The molecule has 8 nitrogen and oxygen atoms in total. The number of hydrogen-bond donors (Lipinski definition) is 2. The van der Waals surface area contributed by atoms with Crippen molar-refractivity contribution >= 4 is 22.7 Å². The lowest BCUT2D eigenvalue weighted by Crippen LogP contribution is -2.31. The van der Waals surface area contributed by atoms with Crippen LogP contribution < -0.4 is 10.9 Å². The van der Waals surface area contributed by atoms with Crippen LogP contribution in [0.2, 0.25) is 0 Å². The molecule has 11 heteroatoms. The fourth-order valence-electron chi connectivity index (χ4n) is 3.64. The third kappa shape index (κ3) is 3.90. The third-order valence-electron chi connectivity index (χ3n) is 5.30. The van der Waals surface area contributed by atoms with Crippen molar-refractivity contribution in [2.45, 2.75) is 18.6 Å². The van der Waals surface area contributed by atoms with Gasteiger partial charge in [-0.1, -0.05) is 12.1 Å². The molecule has 1 saturated heterocycles. The number of carboxylic acid groups (broad SMARTS) is 1. The average molecular weight is 433 g/mol. The SMILES string of the molecule is Cn1ccc2c(-c3ccc(C(F)(F)F)cc3)nnc(NC3CCN(C(=O)O)C3)c2c1=O. The number of aromatic nitrogens is 3. The summed E-state index contributed by atoms with van der Waals surface area (Å²) in [7, 11) is 1.57. The second-order valence-corrected chi connectivity index (χ2v) is 7.35. The van der Waals surface area contributed by atoms with E-state index in [2.05, 4.69) is 15.5 Å². The third-order valence-corrected chi connectivity index (χ3v) is 5.30. The standard InChI is InChI=1S/C20H18F3N5O3/c1-27-8-7-14-15(18(27)29)17(24-13-6-9-28(10-13)19(30)31)26-25-16(14)11-2-4-12(5-3-11)20(21,22)23/h2-5,7-8,13H,6,9-10H2,1H3,(H,24,26)(H,30,31). The summed E-state index contributed by atoms with van der Waals surface area (Å²) >= 11 is 0. The summed E-state index contributed by atoms with van der Waals surface area (Å²) in [5.41, 5.74) is -0.461. The largest absolute Gasteiger partial charge is 0.465 e. The number of anilines is 1. The van der Waals surface area contributed by atoms with Crippen LogP contribution in [0, 0.1) is 0 Å². The van der Waals surface area contributed by atoms with Gasteiger partial charge in [0.15, 0.2) is 5.82 Å². The Bertz CT molecular complexity index is 1210. The first-order chi connectivity index (χ1) is 14.6. The van der Waals surface area contributed by atoms with E-state index in [1.807, 2.05) is 0 Å². The second-order valence-electron chi connectivity index (χ2n) is 7.35. The molecule has 1 unspecified atom stereocenters. The highest BCUT2D eigenvalue weighted by molar-refractivity contribution is 5.99. The number of carbonyl (C=O) groups is 1. The lowest BCUT2D eigenvalue weighted by atomic mass is 10.0. The molecule has 1 amide bonds. The van der Waals surface area contributed by atoms with Crippen LogP contribution in [0.4, 0.5) is 23.8 Å². The Morgan fingerprint density at radius 1 is 1.19 bits per heavy atom. The monoisotopic (exact) mass is 433 g/mol. The second kappa shape index (κ2) is 7.56. The number of pyridine rings is 1. The van der Waals surface area contributed by atoms with Crippen molar-refractivity contribution in [2.24, 2.45) is 7.05 Å². The van der Waals surface area contributed by atoms with E-state index in [4.69, 9.17) is 5.11 Å².